The molecule has 0 aliphatic carbocycles. The van der Waals surface area contributed by atoms with Gasteiger partial charge >= 0.3 is 0 Å². The molecule has 98 valence electrons. The number of nitrogens with zero attached hydrogens (tertiary/aromatic N) is 1. The van der Waals surface area contributed by atoms with E-state index in [4.69, 9.17) is 0 Å². The van der Waals surface area contributed by atoms with Crippen LogP contribution in [-0.4, -0.2) is 33.6 Å². The Labute approximate surface area is 105 Å². The maximum absolute atomic E-state index is 13.3. The van der Waals surface area contributed by atoms with Crippen molar-refractivity contribution in [2.75, 3.05) is 18.6 Å². The molecule has 0 aromatic heterocycles. The number of carbonyl (C=O) groups excluding carboxylic acids is 1. The van der Waals surface area contributed by atoms with Gasteiger partial charge in [-0.05, 0) is 6.07 Å². The fourth-order valence-electron chi connectivity index (χ4n) is 1.20. The van der Waals surface area contributed by atoms with Crippen LogP contribution in [0.2, 0.25) is 0 Å². The molecule has 0 heterocycles. The first-order valence-corrected chi connectivity index (χ1v) is 6.66. The molecule has 0 aliphatic rings. The van der Waals surface area contributed by atoms with E-state index in [0.717, 1.165) is 18.2 Å². The van der Waals surface area contributed by atoms with Crippen LogP contribution < -0.4 is 5.32 Å². The number of halogens is 1. The Kier molecular flexibility index (Phi) is 4.90. The first-order chi connectivity index (χ1) is 8.41. The van der Waals surface area contributed by atoms with Crippen molar-refractivity contribution in [2.24, 2.45) is 0 Å². The summed E-state index contributed by atoms with van der Waals surface area (Å²) in [5, 5.41) is 12.8. The minimum Gasteiger partial charge on any atom is -0.351 e. The summed E-state index contributed by atoms with van der Waals surface area (Å²) in [5.41, 5.74) is -0.758. The SMILES string of the molecule is CS(=O)CCNC(=O)c1cc([N+](=O)[O-])ccc1F. The molecule has 0 saturated heterocycles. The largest absolute Gasteiger partial charge is 0.351 e. The fourth-order valence-corrected chi connectivity index (χ4v) is 1.59. The van der Waals surface area contributed by atoms with Gasteiger partial charge in [-0.3, -0.25) is 19.1 Å². The molecule has 18 heavy (non-hydrogen) atoms. The zero-order valence-electron chi connectivity index (χ0n) is 9.51. The van der Waals surface area contributed by atoms with Gasteiger partial charge in [-0.2, -0.15) is 0 Å². The fraction of sp³-hybridized carbons (Fsp3) is 0.300. The lowest BCUT2D eigenvalue weighted by molar-refractivity contribution is -0.384. The van der Waals surface area contributed by atoms with E-state index in [1.165, 1.54) is 6.26 Å². The normalized spacial score (nSPS) is 11.9. The molecule has 0 aliphatic heterocycles. The number of nitrogens with one attached hydrogen (secondary N) is 1. The van der Waals surface area contributed by atoms with Gasteiger partial charge in [-0.1, -0.05) is 0 Å². The molecular formula is C10H11FN2O4S. The molecule has 1 aromatic rings. The van der Waals surface area contributed by atoms with E-state index >= 15 is 0 Å². The monoisotopic (exact) mass is 274 g/mol. The van der Waals surface area contributed by atoms with Crippen molar-refractivity contribution in [2.45, 2.75) is 0 Å². The third-order valence-corrected chi connectivity index (χ3v) is 2.86. The van der Waals surface area contributed by atoms with Gasteiger partial charge in [0.2, 0.25) is 0 Å². The summed E-state index contributed by atoms with van der Waals surface area (Å²) < 4.78 is 24.1. The first kappa shape index (κ1) is 14.2. The third-order valence-electron chi connectivity index (χ3n) is 2.08. The summed E-state index contributed by atoms with van der Waals surface area (Å²) in [7, 11) is -1.07. The van der Waals surface area contributed by atoms with E-state index in [-0.39, 0.29) is 18.0 Å². The molecular weight excluding hydrogens is 263 g/mol. The zero-order valence-corrected chi connectivity index (χ0v) is 10.3. The number of nitro groups is 1. The standard InChI is InChI=1S/C10H11FN2O4S/c1-18(17)5-4-12-10(14)8-6-7(13(15)16)2-3-9(8)11/h2-3,6H,4-5H2,1H3,(H,12,14). The molecule has 1 N–H and O–H groups in total. The van der Waals surface area contributed by atoms with Crippen LogP contribution in [0.3, 0.4) is 0 Å². The lowest BCUT2D eigenvalue weighted by Gasteiger charge is -2.05. The highest BCUT2D eigenvalue weighted by atomic mass is 32.2. The van der Waals surface area contributed by atoms with Crippen LogP contribution >= 0.6 is 0 Å². The van der Waals surface area contributed by atoms with Crippen LogP contribution in [0.15, 0.2) is 18.2 Å². The summed E-state index contributed by atoms with van der Waals surface area (Å²) in [6.07, 6.45) is 1.47. The maximum Gasteiger partial charge on any atom is 0.270 e. The van der Waals surface area contributed by atoms with Crippen LogP contribution in [0.4, 0.5) is 10.1 Å². The minimum absolute atomic E-state index is 0.115. The minimum atomic E-state index is -1.07. The third kappa shape index (κ3) is 3.88. The molecule has 0 bridgehead atoms. The molecule has 8 heteroatoms. The Morgan fingerprint density at radius 3 is 2.78 bits per heavy atom. The molecule has 1 atom stereocenters. The first-order valence-electron chi connectivity index (χ1n) is 4.94. The second kappa shape index (κ2) is 6.20. The Morgan fingerprint density at radius 1 is 1.56 bits per heavy atom. The van der Waals surface area contributed by atoms with E-state index in [0.29, 0.717) is 0 Å². The number of hydrogen-bond acceptors (Lipinski definition) is 4. The predicted octanol–water partition coefficient (Wildman–Crippen LogP) is 0.842. The van der Waals surface area contributed by atoms with Gasteiger partial charge in [0.15, 0.2) is 0 Å². The van der Waals surface area contributed by atoms with Gasteiger partial charge in [0.25, 0.3) is 11.6 Å². The number of carbonyl (C=O) groups is 1. The van der Waals surface area contributed by atoms with E-state index in [1.807, 2.05) is 0 Å². The van der Waals surface area contributed by atoms with Gasteiger partial charge in [-0.15, -0.1) is 0 Å². The smallest absolute Gasteiger partial charge is 0.270 e. The number of rotatable bonds is 5. The lowest BCUT2D eigenvalue weighted by Crippen LogP contribution is -2.28. The van der Waals surface area contributed by atoms with Gasteiger partial charge in [-0.25, -0.2) is 4.39 Å². The van der Waals surface area contributed by atoms with E-state index < -0.39 is 33.0 Å². The molecule has 0 spiro atoms. The summed E-state index contributed by atoms with van der Waals surface area (Å²) in [6, 6.07) is 2.71. The summed E-state index contributed by atoms with van der Waals surface area (Å²) >= 11 is 0. The molecule has 1 rings (SSSR count). The second-order valence-corrected chi connectivity index (χ2v) is 5.01. The van der Waals surface area contributed by atoms with Crippen LogP contribution in [0.25, 0.3) is 0 Å². The van der Waals surface area contributed by atoms with Crippen molar-refractivity contribution in [3.63, 3.8) is 0 Å². The quantitative estimate of drug-likeness (QED) is 0.636. The highest BCUT2D eigenvalue weighted by Gasteiger charge is 2.16. The topological polar surface area (TPSA) is 89.3 Å². The Morgan fingerprint density at radius 2 is 2.22 bits per heavy atom. The van der Waals surface area contributed by atoms with Crippen molar-refractivity contribution in [3.05, 3.63) is 39.7 Å². The van der Waals surface area contributed by atoms with Gasteiger partial charge < -0.3 is 5.32 Å². The number of non-ortho nitro benzene ring substituents is 1. The highest BCUT2D eigenvalue weighted by molar-refractivity contribution is 7.84. The van der Waals surface area contributed by atoms with Crippen LogP contribution in [-0.2, 0) is 10.8 Å². The van der Waals surface area contributed by atoms with Gasteiger partial charge in [0.1, 0.15) is 5.82 Å². The van der Waals surface area contributed by atoms with Crippen molar-refractivity contribution in [1.29, 1.82) is 0 Å². The number of amides is 1. The van der Waals surface area contributed by atoms with Crippen molar-refractivity contribution < 1.29 is 18.3 Å². The van der Waals surface area contributed by atoms with E-state index in [1.54, 1.807) is 0 Å². The molecule has 1 unspecified atom stereocenters. The highest BCUT2D eigenvalue weighted by Crippen LogP contribution is 2.16. The number of hydrogen-bond donors (Lipinski definition) is 1. The zero-order chi connectivity index (χ0) is 13.7. The second-order valence-electron chi connectivity index (χ2n) is 3.45. The average molecular weight is 274 g/mol. The van der Waals surface area contributed by atoms with E-state index in [9.17, 15) is 23.5 Å². The summed E-state index contributed by atoms with van der Waals surface area (Å²) in [6.45, 7) is 0.115. The lowest BCUT2D eigenvalue weighted by atomic mass is 10.2. The molecule has 0 fully saturated rings. The van der Waals surface area contributed by atoms with Crippen LogP contribution in [0.1, 0.15) is 10.4 Å². The van der Waals surface area contributed by atoms with Gasteiger partial charge in [0.05, 0.1) is 10.5 Å². The Hall–Kier alpha value is -1.83. The van der Waals surface area contributed by atoms with Crippen LogP contribution in [0.5, 0.6) is 0 Å². The summed E-state index contributed by atoms with van der Waals surface area (Å²) in [5.74, 6) is -1.36. The molecule has 0 radical (unpaired) electrons. The number of benzene rings is 1. The Bertz CT molecular complexity index is 507. The van der Waals surface area contributed by atoms with Crippen LogP contribution in [0, 0.1) is 15.9 Å². The van der Waals surface area contributed by atoms with Crippen molar-refractivity contribution in [3.8, 4) is 0 Å². The molecule has 1 amide bonds. The molecule has 0 saturated carbocycles. The van der Waals surface area contributed by atoms with Gasteiger partial charge in [0, 0.05) is 41.5 Å². The summed E-state index contributed by atoms with van der Waals surface area (Å²) in [4.78, 5) is 21.3. The Balaban J connectivity index is 2.81. The number of nitro benzene ring substituents is 1. The van der Waals surface area contributed by atoms with E-state index in [2.05, 4.69) is 5.32 Å². The van der Waals surface area contributed by atoms with Crippen molar-refractivity contribution in [1.82, 2.24) is 5.32 Å². The molecule has 1 aromatic carbocycles. The predicted molar refractivity (Wildman–Crippen MR) is 64.3 cm³/mol. The van der Waals surface area contributed by atoms with Crippen molar-refractivity contribution >= 4 is 22.4 Å². The molecule has 6 nitrogen and oxygen atoms in total. The maximum atomic E-state index is 13.3. The average Bonchev–Trinajstić information content (AvgIpc) is 2.28.